The second-order valence-electron chi connectivity index (χ2n) is 7.21. The normalized spacial score (nSPS) is 17.1. The number of carbonyl (C=O) groups is 3. The topological polar surface area (TPSA) is 119 Å². The van der Waals surface area contributed by atoms with E-state index in [0.717, 1.165) is 16.2 Å². The average molecular weight is 480 g/mol. The van der Waals surface area contributed by atoms with Crippen LogP contribution in [0.25, 0.3) is 5.76 Å². The number of methoxy groups -OCH3 is 1. The van der Waals surface area contributed by atoms with Gasteiger partial charge >= 0.3 is 11.9 Å². The van der Waals surface area contributed by atoms with Gasteiger partial charge in [0.05, 0.1) is 24.6 Å². The summed E-state index contributed by atoms with van der Waals surface area (Å²) < 4.78 is 15.8. The van der Waals surface area contributed by atoms with Crippen molar-refractivity contribution in [3.8, 4) is 5.75 Å². The lowest BCUT2D eigenvalue weighted by Crippen LogP contribution is -2.29. The molecule has 3 heterocycles. The molecule has 1 aromatic carbocycles. The van der Waals surface area contributed by atoms with E-state index >= 15 is 0 Å². The minimum atomic E-state index is -1.09. The molecule has 1 N–H and O–H groups in total. The van der Waals surface area contributed by atoms with Crippen molar-refractivity contribution in [1.29, 1.82) is 0 Å². The van der Waals surface area contributed by atoms with E-state index in [1.807, 2.05) is 0 Å². The van der Waals surface area contributed by atoms with Gasteiger partial charge in [0.1, 0.15) is 34.8 Å². The number of aromatic nitrogens is 1. The number of benzene rings is 1. The van der Waals surface area contributed by atoms with E-state index in [4.69, 9.17) is 13.9 Å². The number of aryl methyl sites for hydroxylation is 1. The molecule has 10 heteroatoms. The van der Waals surface area contributed by atoms with Gasteiger partial charge in [-0.25, -0.2) is 9.78 Å². The number of Topliss-reactive ketones (excluding diaryl/α,β-unsaturated/α-hetero) is 1. The van der Waals surface area contributed by atoms with Crippen LogP contribution in [0.3, 0.4) is 0 Å². The SMILES string of the molecule is C=CCOC(=O)c1sc(N2C(=O)C(=O)C(=C(O)c3cccc(OC)c3)C2c2ccco2)nc1C. The number of carbonyl (C=O) groups excluding carboxylic acids is 3. The lowest BCUT2D eigenvalue weighted by atomic mass is 9.99. The Hall–Kier alpha value is -4.18. The van der Waals surface area contributed by atoms with E-state index in [9.17, 15) is 19.5 Å². The zero-order valence-electron chi connectivity index (χ0n) is 18.3. The van der Waals surface area contributed by atoms with Crippen molar-refractivity contribution in [2.45, 2.75) is 13.0 Å². The Bertz CT molecular complexity index is 1310. The Labute approximate surface area is 198 Å². The molecular weight excluding hydrogens is 460 g/mol. The van der Waals surface area contributed by atoms with Crippen molar-refractivity contribution in [2.75, 3.05) is 18.6 Å². The van der Waals surface area contributed by atoms with Gasteiger partial charge in [-0.05, 0) is 31.2 Å². The second-order valence-corrected chi connectivity index (χ2v) is 8.19. The van der Waals surface area contributed by atoms with Gasteiger partial charge in [-0.15, -0.1) is 0 Å². The van der Waals surface area contributed by atoms with Crippen LogP contribution in [0.4, 0.5) is 5.13 Å². The molecule has 1 atom stereocenters. The van der Waals surface area contributed by atoms with Gasteiger partial charge in [0.15, 0.2) is 5.13 Å². The summed E-state index contributed by atoms with van der Waals surface area (Å²) in [5.74, 6) is -2.13. The van der Waals surface area contributed by atoms with Gasteiger partial charge < -0.3 is 19.0 Å². The molecule has 1 fully saturated rings. The average Bonchev–Trinajstić information content (AvgIpc) is 3.56. The van der Waals surface area contributed by atoms with Crippen molar-refractivity contribution < 1.29 is 33.4 Å². The van der Waals surface area contributed by atoms with Crippen molar-refractivity contribution in [3.05, 3.63) is 82.8 Å². The first-order valence-electron chi connectivity index (χ1n) is 10.1. The number of thiazole rings is 1. The van der Waals surface area contributed by atoms with Crippen LogP contribution in [-0.2, 0) is 14.3 Å². The fraction of sp³-hybridized carbons (Fsp3) is 0.167. The summed E-state index contributed by atoms with van der Waals surface area (Å²) in [7, 11) is 1.48. The third kappa shape index (κ3) is 3.99. The number of hydrogen-bond acceptors (Lipinski definition) is 9. The molecule has 1 aliphatic rings. The number of aliphatic hydroxyl groups is 1. The number of anilines is 1. The maximum atomic E-state index is 13.1. The Morgan fingerprint density at radius 3 is 2.79 bits per heavy atom. The lowest BCUT2D eigenvalue weighted by molar-refractivity contribution is -0.132. The lowest BCUT2D eigenvalue weighted by Gasteiger charge is -2.20. The summed E-state index contributed by atoms with van der Waals surface area (Å²) in [5, 5.41) is 11.2. The number of hydrogen-bond donors (Lipinski definition) is 1. The molecule has 1 unspecified atom stereocenters. The van der Waals surface area contributed by atoms with Gasteiger partial charge in [-0.1, -0.05) is 36.1 Å². The van der Waals surface area contributed by atoms with E-state index in [-0.39, 0.29) is 39.3 Å². The van der Waals surface area contributed by atoms with E-state index < -0.39 is 23.7 Å². The van der Waals surface area contributed by atoms with E-state index in [1.54, 1.807) is 43.3 Å². The molecule has 0 aliphatic carbocycles. The first-order valence-corrected chi connectivity index (χ1v) is 10.9. The monoisotopic (exact) mass is 480 g/mol. The first-order chi connectivity index (χ1) is 16.4. The van der Waals surface area contributed by atoms with Crippen molar-refractivity contribution in [3.63, 3.8) is 0 Å². The van der Waals surface area contributed by atoms with Gasteiger partial charge in [0, 0.05) is 5.56 Å². The van der Waals surface area contributed by atoms with E-state index in [2.05, 4.69) is 11.6 Å². The maximum absolute atomic E-state index is 13.1. The number of ketones is 1. The second kappa shape index (κ2) is 9.36. The number of amides is 1. The highest BCUT2D eigenvalue weighted by molar-refractivity contribution is 7.17. The Balaban J connectivity index is 1.85. The largest absolute Gasteiger partial charge is 0.507 e. The zero-order valence-corrected chi connectivity index (χ0v) is 19.1. The van der Waals surface area contributed by atoms with E-state index in [1.165, 1.54) is 19.4 Å². The quantitative estimate of drug-likeness (QED) is 0.177. The van der Waals surface area contributed by atoms with Gasteiger partial charge in [0.25, 0.3) is 5.78 Å². The molecule has 174 valence electrons. The molecule has 0 bridgehead atoms. The van der Waals surface area contributed by atoms with Crippen molar-refractivity contribution in [2.24, 2.45) is 0 Å². The Morgan fingerprint density at radius 2 is 2.12 bits per heavy atom. The van der Waals surface area contributed by atoms with Gasteiger partial charge in [0.2, 0.25) is 0 Å². The molecule has 4 rings (SSSR count). The molecular formula is C24H20N2O7S. The summed E-state index contributed by atoms with van der Waals surface area (Å²) in [6, 6.07) is 8.56. The predicted molar refractivity (Wildman–Crippen MR) is 124 cm³/mol. The van der Waals surface area contributed by atoms with Gasteiger partial charge in [-0.3, -0.25) is 14.5 Å². The van der Waals surface area contributed by atoms with Crippen LogP contribution in [0, 0.1) is 6.92 Å². The Morgan fingerprint density at radius 1 is 1.32 bits per heavy atom. The number of aliphatic hydroxyl groups excluding tert-OH is 1. The molecule has 0 radical (unpaired) electrons. The van der Waals surface area contributed by atoms with Crippen LogP contribution < -0.4 is 9.64 Å². The minimum absolute atomic E-state index is 0.0168. The molecule has 0 spiro atoms. The van der Waals surface area contributed by atoms with Crippen LogP contribution in [0.1, 0.15) is 32.7 Å². The molecule has 2 aromatic heterocycles. The van der Waals surface area contributed by atoms with Crippen LogP contribution in [0.15, 0.2) is 65.3 Å². The van der Waals surface area contributed by atoms with Crippen LogP contribution in [0.2, 0.25) is 0 Å². The van der Waals surface area contributed by atoms with Crippen LogP contribution in [0.5, 0.6) is 5.75 Å². The van der Waals surface area contributed by atoms with Crippen molar-refractivity contribution >= 4 is 39.9 Å². The highest BCUT2D eigenvalue weighted by atomic mass is 32.1. The highest BCUT2D eigenvalue weighted by Crippen LogP contribution is 2.44. The summed E-state index contributed by atoms with van der Waals surface area (Å²) >= 11 is 0.905. The molecule has 1 aliphatic heterocycles. The fourth-order valence-corrected chi connectivity index (χ4v) is 4.53. The number of ether oxygens (including phenoxy) is 2. The highest BCUT2D eigenvalue weighted by Gasteiger charge is 2.49. The van der Waals surface area contributed by atoms with E-state index in [0.29, 0.717) is 11.4 Å². The molecule has 1 saturated heterocycles. The number of nitrogens with zero attached hydrogens (tertiary/aromatic N) is 2. The molecule has 0 saturated carbocycles. The number of rotatable bonds is 7. The van der Waals surface area contributed by atoms with Crippen LogP contribution >= 0.6 is 11.3 Å². The summed E-state index contributed by atoms with van der Waals surface area (Å²) in [4.78, 5) is 44.3. The fourth-order valence-electron chi connectivity index (χ4n) is 3.55. The number of esters is 1. The molecule has 34 heavy (non-hydrogen) atoms. The molecule has 9 nitrogen and oxygen atoms in total. The minimum Gasteiger partial charge on any atom is -0.507 e. The third-order valence-corrected chi connectivity index (χ3v) is 6.25. The smallest absolute Gasteiger partial charge is 0.350 e. The Kier molecular flexibility index (Phi) is 6.33. The summed E-state index contributed by atoms with van der Waals surface area (Å²) in [6.07, 6.45) is 2.83. The van der Waals surface area contributed by atoms with Gasteiger partial charge in [-0.2, -0.15) is 0 Å². The van der Waals surface area contributed by atoms with Crippen LogP contribution in [-0.4, -0.2) is 41.5 Å². The zero-order chi connectivity index (χ0) is 24.4. The first kappa shape index (κ1) is 23.0. The third-order valence-electron chi connectivity index (χ3n) is 5.11. The number of furan rings is 1. The molecule has 1 amide bonds. The summed E-state index contributed by atoms with van der Waals surface area (Å²) in [6.45, 7) is 5.12. The maximum Gasteiger partial charge on any atom is 0.350 e. The predicted octanol–water partition coefficient (Wildman–Crippen LogP) is 4.02. The molecule has 3 aromatic rings. The standard InChI is InChI=1S/C24H20N2O7S/c1-4-10-33-23(30)21-13(2)25-24(34-21)26-18(16-9-6-11-32-16)17(20(28)22(26)29)19(27)14-7-5-8-15(12-14)31-3/h4-9,11-12,18,27H,1,10H2,2-3H3. The summed E-state index contributed by atoms with van der Waals surface area (Å²) in [5.41, 5.74) is 0.455. The van der Waals surface area contributed by atoms with Crippen molar-refractivity contribution in [1.82, 2.24) is 4.98 Å².